The summed E-state index contributed by atoms with van der Waals surface area (Å²) in [5, 5.41) is 3.23. The van der Waals surface area contributed by atoms with Crippen molar-refractivity contribution >= 4 is 5.69 Å². The van der Waals surface area contributed by atoms with Crippen LogP contribution >= 0.6 is 0 Å². The van der Waals surface area contributed by atoms with Crippen LogP contribution in [0.15, 0.2) is 12.1 Å². The standard InChI is InChI=1S/C17H27FN2/c1-12-10-17(15(11-16(12)18)13(2)19-3)20(4)14-8-6-5-7-9-14/h10-11,13-14,19H,5-9H2,1-4H3. The van der Waals surface area contributed by atoms with Gasteiger partial charge < -0.3 is 10.2 Å². The van der Waals surface area contributed by atoms with Gasteiger partial charge in [-0.3, -0.25) is 0 Å². The zero-order valence-electron chi connectivity index (χ0n) is 13.2. The molecule has 0 aliphatic heterocycles. The van der Waals surface area contributed by atoms with E-state index < -0.39 is 0 Å². The maximum absolute atomic E-state index is 13.9. The average molecular weight is 278 g/mol. The number of hydrogen-bond donors (Lipinski definition) is 1. The molecule has 0 amide bonds. The van der Waals surface area contributed by atoms with Gasteiger partial charge in [0.15, 0.2) is 0 Å². The number of halogens is 1. The Morgan fingerprint density at radius 3 is 2.50 bits per heavy atom. The van der Waals surface area contributed by atoms with Crippen LogP contribution in [0.2, 0.25) is 0 Å². The summed E-state index contributed by atoms with van der Waals surface area (Å²) in [6.45, 7) is 3.93. The highest BCUT2D eigenvalue weighted by atomic mass is 19.1. The topological polar surface area (TPSA) is 15.3 Å². The van der Waals surface area contributed by atoms with Crippen molar-refractivity contribution in [2.75, 3.05) is 19.0 Å². The van der Waals surface area contributed by atoms with E-state index in [4.69, 9.17) is 0 Å². The number of aryl methyl sites for hydroxylation is 1. The van der Waals surface area contributed by atoms with Gasteiger partial charge in [0, 0.05) is 24.8 Å². The number of anilines is 1. The first kappa shape index (κ1) is 15.3. The largest absolute Gasteiger partial charge is 0.371 e. The van der Waals surface area contributed by atoms with Crippen LogP contribution in [0.5, 0.6) is 0 Å². The van der Waals surface area contributed by atoms with E-state index in [1.807, 2.05) is 20.0 Å². The molecular formula is C17H27FN2. The minimum atomic E-state index is -0.108. The Bertz CT molecular complexity index is 453. The number of nitrogens with zero attached hydrogens (tertiary/aromatic N) is 1. The summed E-state index contributed by atoms with van der Waals surface area (Å²) in [4.78, 5) is 2.37. The fourth-order valence-electron chi connectivity index (χ4n) is 3.15. The second kappa shape index (κ2) is 6.57. The molecular weight excluding hydrogens is 251 g/mol. The zero-order valence-corrected chi connectivity index (χ0v) is 13.2. The van der Waals surface area contributed by atoms with Gasteiger partial charge in [-0.15, -0.1) is 0 Å². The number of nitrogens with one attached hydrogen (secondary N) is 1. The van der Waals surface area contributed by atoms with Crippen LogP contribution in [0.3, 0.4) is 0 Å². The Morgan fingerprint density at radius 1 is 1.25 bits per heavy atom. The molecule has 3 heteroatoms. The maximum Gasteiger partial charge on any atom is 0.126 e. The van der Waals surface area contributed by atoms with Crippen molar-refractivity contribution in [3.05, 3.63) is 29.1 Å². The molecule has 1 aliphatic carbocycles. The van der Waals surface area contributed by atoms with E-state index in [0.29, 0.717) is 6.04 Å². The van der Waals surface area contributed by atoms with Gasteiger partial charge in [0.05, 0.1) is 0 Å². The third-order valence-electron chi connectivity index (χ3n) is 4.71. The molecule has 0 radical (unpaired) electrons. The Labute approximate surface area is 122 Å². The third-order valence-corrected chi connectivity index (χ3v) is 4.71. The minimum absolute atomic E-state index is 0.108. The summed E-state index contributed by atoms with van der Waals surface area (Å²) in [6, 6.07) is 4.46. The first-order valence-corrected chi connectivity index (χ1v) is 7.74. The molecule has 0 bridgehead atoms. The molecule has 1 fully saturated rings. The molecule has 2 nitrogen and oxygen atoms in total. The Hall–Kier alpha value is -1.09. The van der Waals surface area contributed by atoms with Crippen LogP contribution in [0.1, 0.15) is 56.2 Å². The molecule has 1 saturated carbocycles. The van der Waals surface area contributed by atoms with E-state index in [2.05, 4.69) is 24.2 Å². The predicted molar refractivity (Wildman–Crippen MR) is 83.9 cm³/mol. The van der Waals surface area contributed by atoms with Crippen molar-refractivity contribution in [2.45, 2.75) is 58.0 Å². The summed E-state index contributed by atoms with van der Waals surface area (Å²) in [5.41, 5.74) is 2.97. The minimum Gasteiger partial charge on any atom is -0.371 e. The predicted octanol–water partition coefficient (Wildman–Crippen LogP) is 4.18. The molecule has 2 rings (SSSR count). The van der Waals surface area contributed by atoms with E-state index in [1.54, 1.807) is 6.07 Å². The molecule has 1 aromatic rings. The summed E-state index contributed by atoms with van der Waals surface area (Å²) in [7, 11) is 4.08. The third kappa shape index (κ3) is 3.14. The van der Waals surface area contributed by atoms with E-state index in [9.17, 15) is 4.39 Å². The van der Waals surface area contributed by atoms with Crippen molar-refractivity contribution in [3.8, 4) is 0 Å². The van der Waals surface area contributed by atoms with Crippen molar-refractivity contribution < 1.29 is 4.39 Å². The van der Waals surface area contributed by atoms with Gasteiger partial charge in [-0.05, 0) is 57.0 Å². The zero-order chi connectivity index (χ0) is 14.7. The summed E-state index contributed by atoms with van der Waals surface area (Å²) in [5.74, 6) is -0.108. The van der Waals surface area contributed by atoms with E-state index in [0.717, 1.165) is 11.1 Å². The lowest BCUT2D eigenvalue weighted by Crippen LogP contribution is -2.34. The molecule has 0 saturated heterocycles. The lowest BCUT2D eigenvalue weighted by Gasteiger charge is -2.35. The molecule has 1 aromatic carbocycles. The van der Waals surface area contributed by atoms with Crippen molar-refractivity contribution in [1.82, 2.24) is 5.32 Å². The van der Waals surface area contributed by atoms with Gasteiger partial charge in [-0.2, -0.15) is 0 Å². The van der Waals surface area contributed by atoms with Crippen molar-refractivity contribution in [3.63, 3.8) is 0 Å². The average Bonchev–Trinajstić information content (AvgIpc) is 2.49. The van der Waals surface area contributed by atoms with Crippen molar-refractivity contribution in [1.29, 1.82) is 0 Å². The molecule has 0 aromatic heterocycles. The molecule has 0 heterocycles. The second-order valence-corrected chi connectivity index (χ2v) is 6.07. The van der Waals surface area contributed by atoms with Gasteiger partial charge in [0.25, 0.3) is 0 Å². The molecule has 1 atom stereocenters. The van der Waals surface area contributed by atoms with Crippen LogP contribution in [0, 0.1) is 12.7 Å². The SMILES string of the molecule is CNC(C)c1cc(F)c(C)cc1N(C)C1CCCCC1. The molecule has 1 unspecified atom stereocenters. The van der Waals surface area contributed by atoms with Gasteiger partial charge in [0.2, 0.25) is 0 Å². The van der Waals surface area contributed by atoms with Crippen LogP contribution in [0.25, 0.3) is 0 Å². The molecule has 20 heavy (non-hydrogen) atoms. The highest BCUT2D eigenvalue weighted by Crippen LogP contribution is 2.33. The summed E-state index contributed by atoms with van der Waals surface area (Å²) in [6.07, 6.45) is 6.48. The highest BCUT2D eigenvalue weighted by molar-refractivity contribution is 5.57. The second-order valence-electron chi connectivity index (χ2n) is 6.07. The molecule has 1 N–H and O–H groups in total. The molecule has 112 valence electrons. The number of benzene rings is 1. The van der Waals surface area contributed by atoms with Crippen LogP contribution in [-0.4, -0.2) is 20.1 Å². The Balaban J connectivity index is 2.34. The highest BCUT2D eigenvalue weighted by Gasteiger charge is 2.22. The van der Waals surface area contributed by atoms with E-state index in [1.165, 1.54) is 37.8 Å². The Morgan fingerprint density at radius 2 is 1.90 bits per heavy atom. The van der Waals surface area contributed by atoms with Crippen molar-refractivity contribution in [2.24, 2.45) is 0 Å². The smallest absolute Gasteiger partial charge is 0.126 e. The van der Waals surface area contributed by atoms with E-state index in [-0.39, 0.29) is 11.9 Å². The van der Waals surface area contributed by atoms with Crippen LogP contribution < -0.4 is 10.2 Å². The summed E-state index contributed by atoms with van der Waals surface area (Å²) < 4.78 is 13.9. The monoisotopic (exact) mass is 278 g/mol. The van der Waals surface area contributed by atoms with Gasteiger partial charge in [-0.25, -0.2) is 4.39 Å². The van der Waals surface area contributed by atoms with Crippen LogP contribution in [0.4, 0.5) is 10.1 Å². The first-order valence-electron chi connectivity index (χ1n) is 7.74. The van der Waals surface area contributed by atoms with Gasteiger partial charge in [0.1, 0.15) is 5.82 Å². The quantitative estimate of drug-likeness (QED) is 0.888. The van der Waals surface area contributed by atoms with Gasteiger partial charge in [-0.1, -0.05) is 19.3 Å². The first-order chi connectivity index (χ1) is 9.54. The Kier molecular flexibility index (Phi) is 5.03. The normalized spacial score (nSPS) is 18.1. The van der Waals surface area contributed by atoms with Crippen LogP contribution in [-0.2, 0) is 0 Å². The summed E-state index contributed by atoms with van der Waals surface area (Å²) >= 11 is 0. The number of rotatable bonds is 4. The fourth-order valence-corrected chi connectivity index (χ4v) is 3.15. The fraction of sp³-hybridized carbons (Fsp3) is 0.647. The molecule has 1 aliphatic rings. The number of hydrogen-bond acceptors (Lipinski definition) is 2. The molecule has 0 spiro atoms. The van der Waals surface area contributed by atoms with Gasteiger partial charge >= 0.3 is 0 Å². The lowest BCUT2D eigenvalue weighted by molar-refractivity contribution is 0.426. The lowest BCUT2D eigenvalue weighted by atomic mass is 9.93. The maximum atomic E-state index is 13.9. The van der Waals surface area contributed by atoms with E-state index >= 15 is 0 Å².